The number of phenols is 1. The van der Waals surface area contributed by atoms with Crippen molar-refractivity contribution in [3.63, 3.8) is 0 Å². The van der Waals surface area contributed by atoms with Crippen LogP contribution in [0.15, 0.2) is 12.1 Å². The van der Waals surface area contributed by atoms with Crippen molar-refractivity contribution in [2.45, 2.75) is 117 Å². The molecule has 0 fully saturated rings. The molecule has 160 valence electrons. The third-order valence-corrected chi connectivity index (χ3v) is 5.30. The van der Waals surface area contributed by atoms with Crippen LogP contribution in [0.4, 0.5) is 0 Å². The molecule has 1 N–H and O–H groups in total. The number of esters is 1. The molecule has 0 radical (unpaired) electrons. The third-order valence-electron chi connectivity index (χ3n) is 5.30. The number of hydrogen-bond donors (Lipinski definition) is 1. The van der Waals surface area contributed by atoms with E-state index in [9.17, 15) is 9.90 Å². The quantitative estimate of drug-likeness (QED) is 0.214. The van der Waals surface area contributed by atoms with E-state index >= 15 is 0 Å². The number of carbonyl (C=O) groups is 1. The van der Waals surface area contributed by atoms with E-state index in [4.69, 9.17) is 4.74 Å². The highest BCUT2D eigenvalue weighted by molar-refractivity contribution is 5.72. The van der Waals surface area contributed by atoms with Crippen LogP contribution in [0.3, 0.4) is 0 Å². The van der Waals surface area contributed by atoms with Gasteiger partial charge in [0.1, 0.15) is 11.5 Å². The average Bonchev–Trinajstić information content (AvgIpc) is 2.61. The summed E-state index contributed by atoms with van der Waals surface area (Å²) in [6, 6.07) is 3.53. The van der Waals surface area contributed by atoms with E-state index in [1.54, 1.807) is 12.1 Å². The van der Waals surface area contributed by atoms with Crippen LogP contribution in [-0.2, 0) is 10.2 Å². The van der Waals surface area contributed by atoms with Gasteiger partial charge in [0.15, 0.2) is 0 Å². The maximum Gasteiger partial charge on any atom is 0.311 e. The molecule has 0 amide bonds. The highest BCUT2D eigenvalue weighted by Crippen LogP contribution is 2.36. The van der Waals surface area contributed by atoms with Gasteiger partial charge in [-0.15, -0.1) is 0 Å². The third kappa shape index (κ3) is 9.61. The van der Waals surface area contributed by atoms with Crippen LogP contribution < -0.4 is 4.74 Å². The number of carbonyl (C=O) groups excluding carboxylic acids is 1. The number of aromatic hydroxyl groups is 1. The molecule has 1 aromatic rings. The van der Waals surface area contributed by atoms with E-state index in [2.05, 4.69) is 6.92 Å². The molecule has 0 unspecified atom stereocenters. The molecule has 28 heavy (non-hydrogen) atoms. The number of phenolic OH excluding ortho intramolecular Hbond substituents is 1. The number of hydrogen-bond acceptors (Lipinski definition) is 3. The number of benzene rings is 1. The van der Waals surface area contributed by atoms with E-state index in [-0.39, 0.29) is 17.1 Å². The second kappa shape index (κ2) is 12.9. The average molecular weight is 391 g/mol. The zero-order valence-electron chi connectivity index (χ0n) is 18.9. The summed E-state index contributed by atoms with van der Waals surface area (Å²) in [6.45, 7) is 10.2. The second-order valence-electron chi connectivity index (χ2n) is 9.15. The van der Waals surface area contributed by atoms with Gasteiger partial charge < -0.3 is 9.84 Å². The van der Waals surface area contributed by atoms with Gasteiger partial charge in [-0.05, 0) is 36.5 Å². The molecular formula is C25H42O3. The summed E-state index contributed by atoms with van der Waals surface area (Å²) in [5.74, 6) is 0.645. The fraction of sp³-hybridized carbons (Fsp3) is 0.720. The first-order valence-corrected chi connectivity index (χ1v) is 11.3. The van der Waals surface area contributed by atoms with Crippen molar-refractivity contribution in [2.24, 2.45) is 0 Å². The summed E-state index contributed by atoms with van der Waals surface area (Å²) >= 11 is 0. The Balaban J connectivity index is 2.23. The van der Waals surface area contributed by atoms with Gasteiger partial charge >= 0.3 is 5.97 Å². The molecule has 0 atom stereocenters. The maximum absolute atomic E-state index is 12.1. The molecule has 0 saturated carbocycles. The topological polar surface area (TPSA) is 46.5 Å². The van der Waals surface area contributed by atoms with Crippen LogP contribution in [0.1, 0.15) is 116 Å². The molecule has 3 heteroatoms. The van der Waals surface area contributed by atoms with Gasteiger partial charge in [0.25, 0.3) is 0 Å². The largest absolute Gasteiger partial charge is 0.507 e. The van der Waals surface area contributed by atoms with Gasteiger partial charge in [0.05, 0.1) is 0 Å². The van der Waals surface area contributed by atoms with Crippen molar-refractivity contribution in [3.05, 3.63) is 23.3 Å². The Hall–Kier alpha value is -1.51. The van der Waals surface area contributed by atoms with Crippen LogP contribution in [0.2, 0.25) is 0 Å². The highest BCUT2D eigenvalue weighted by Gasteiger charge is 2.21. The molecule has 0 spiro atoms. The lowest BCUT2D eigenvalue weighted by Crippen LogP contribution is -2.13. The van der Waals surface area contributed by atoms with Crippen molar-refractivity contribution in [1.29, 1.82) is 0 Å². The number of aryl methyl sites for hydroxylation is 1. The molecule has 0 aliphatic rings. The van der Waals surface area contributed by atoms with E-state index in [1.807, 2.05) is 27.7 Å². The summed E-state index contributed by atoms with van der Waals surface area (Å²) in [7, 11) is 0. The van der Waals surface area contributed by atoms with Crippen molar-refractivity contribution in [1.82, 2.24) is 0 Å². The van der Waals surface area contributed by atoms with E-state index < -0.39 is 0 Å². The van der Waals surface area contributed by atoms with E-state index in [0.29, 0.717) is 12.2 Å². The van der Waals surface area contributed by atoms with Crippen LogP contribution in [-0.4, -0.2) is 11.1 Å². The molecule has 0 aromatic heterocycles. The minimum atomic E-state index is -0.201. The molecule has 0 bridgehead atoms. The standard InChI is InChI=1S/C25H42O3/c1-6-7-8-9-10-11-12-13-14-15-16-17-23(26)28-21-18-20(2)24(27)22(19-21)25(3,4)5/h18-19,27H,6-17H2,1-5H3. The predicted molar refractivity (Wildman–Crippen MR) is 118 cm³/mol. The second-order valence-corrected chi connectivity index (χ2v) is 9.15. The van der Waals surface area contributed by atoms with Crippen molar-refractivity contribution in [2.75, 3.05) is 0 Å². The van der Waals surface area contributed by atoms with Crippen LogP contribution >= 0.6 is 0 Å². The van der Waals surface area contributed by atoms with Gasteiger partial charge in [-0.25, -0.2) is 0 Å². The molecule has 0 aliphatic heterocycles. The first-order valence-electron chi connectivity index (χ1n) is 11.3. The molecule has 0 aliphatic carbocycles. The van der Waals surface area contributed by atoms with Crippen LogP contribution in [0, 0.1) is 6.92 Å². The molecule has 0 saturated heterocycles. The number of unbranched alkanes of at least 4 members (excludes halogenated alkanes) is 10. The van der Waals surface area contributed by atoms with Gasteiger partial charge in [-0.2, -0.15) is 0 Å². The summed E-state index contributed by atoms with van der Waals surface area (Å²) < 4.78 is 5.53. The monoisotopic (exact) mass is 390 g/mol. The van der Waals surface area contributed by atoms with Crippen LogP contribution in [0.5, 0.6) is 11.5 Å². The number of rotatable bonds is 13. The Kier molecular flexibility index (Phi) is 11.3. The van der Waals surface area contributed by atoms with Gasteiger partial charge in [0.2, 0.25) is 0 Å². The van der Waals surface area contributed by atoms with E-state index in [0.717, 1.165) is 24.0 Å². The molecule has 3 nitrogen and oxygen atoms in total. The van der Waals surface area contributed by atoms with Gasteiger partial charge in [-0.1, -0.05) is 91.9 Å². The minimum absolute atomic E-state index is 0.180. The fourth-order valence-corrected chi connectivity index (χ4v) is 3.49. The zero-order valence-corrected chi connectivity index (χ0v) is 18.9. The Bertz CT molecular complexity index is 584. The van der Waals surface area contributed by atoms with Crippen molar-refractivity contribution >= 4 is 5.97 Å². The summed E-state index contributed by atoms with van der Waals surface area (Å²) in [6.07, 6.45) is 14.4. The molecule has 1 rings (SSSR count). The minimum Gasteiger partial charge on any atom is -0.507 e. The SMILES string of the molecule is CCCCCCCCCCCCCC(=O)Oc1cc(C)c(O)c(C(C)(C)C)c1. The first kappa shape index (κ1) is 24.5. The lowest BCUT2D eigenvalue weighted by atomic mass is 9.85. The van der Waals surface area contributed by atoms with Gasteiger partial charge in [-0.3, -0.25) is 4.79 Å². The Labute approximate surface area is 172 Å². The predicted octanol–water partition coefficient (Wildman–Crippen LogP) is 7.60. The normalized spacial score (nSPS) is 11.6. The lowest BCUT2D eigenvalue weighted by molar-refractivity contribution is -0.134. The fourth-order valence-electron chi connectivity index (χ4n) is 3.49. The van der Waals surface area contributed by atoms with Crippen molar-refractivity contribution < 1.29 is 14.6 Å². The Morgan fingerprint density at radius 1 is 0.893 bits per heavy atom. The Morgan fingerprint density at radius 3 is 1.89 bits per heavy atom. The summed E-state index contributed by atoms with van der Waals surface area (Å²) in [5, 5.41) is 10.3. The smallest absolute Gasteiger partial charge is 0.311 e. The lowest BCUT2D eigenvalue weighted by Gasteiger charge is -2.22. The van der Waals surface area contributed by atoms with E-state index in [1.165, 1.54) is 57.8 Å². The Morgan fingerprint density at radius 2 is 1.39 bits per heavy atom. The maximum atomic E-state index is 12.1. The molecular weight excluding hydrogens is 348 g/mol. The molecule has 1 aromatic carbocycles. The molecule has 0 heterocycles. The summed E-state index contributed by atoms with van der Waals surface area (Å²) in [5.41, 5.74) is 1.35. The zero-order chi connectivity index (χ0) is 21.0. The van der Waals surface area contributed by atoms with Crippen LogP contribution in [0.25, 0.3) is 0 Å². The van der Waals surface area contributed by atoms with Crippen molar-refractivity contribution in [3.8, 4) is 11.5 Å². The summed E-state index contributed by atoms with van der Waals surface area (Å²) in [4.78, 5) is 12.1. The number of ether oxygens (including phenoxy) is 1. The highest BCUT2D eigenvalue weighted by atomic mass is 16.5. The first-order chi connectivity index (χ1) is 13.3. The van der Waals surface area contributed by atoms with Gasteiger partial charge in [0, 0.05) is 12.0 Å².